The maximum Gasteiger partial charge on any atom is 0.494 e. The molecule has 1 unspecified atom stereocenters. The Labute approximate surface area is 191 Å². The van der Waals surface area contributed by atoms with E-state index in [1.54, 1.807) is 6.20 Å². The predicted molar refractivity (Wildman–Crippen MR) is 127 cm³/mol. The summed E-state index contributed by atoms with van der Waals surface area (Å²) in [6.45, 7) is 8.26. The molecule has 3 heterocycles. The lowest BCUT2D eigenvalue weighted by molar-refractivity contribution is -0.121. The van der Waals surface area contributed by atoms with Crippen LogP contribution in [0.4, 0.5) is 5.69 Å². The second-order valence-corrected chi connectivity index (χ2v) is 10.6. The van der Waals surface area contributed by atoms with Crippen LogP contribution in [0.15, 0.2) is 42.7 Å². The van der Waals surface area contributed by atoms with Crippen LogP contribution in [0.25, 0.3) is 0 Å². The number of hydrogen-bond donors (Lipinski definition) is 1. The van der Waals surface area contributed by atoms with Gasteiger partial charge < -0.3 is 14.6 Å². The highest BCUT2D eigenvalue weighted by molar-refractivity contribution is 6.62. The summed E-state index contributed by atoms with van der Waals surface area (Å²) < 4.78 is 12.5. The molecular formula is C26H33BN2O3. The molecule has 1 aromatic carbocycles. The van der Waals surface area contributed by atoms with Crippen LogP contribution in [0.2, 0.25) is 0 Å². The molecule has 168 valence electrons. The van der Waals surface area contributed by atoms with Crippen LogP contribution in [-0.2, 0) is 19.5 Å². The number of fused-ring (bicyclic) bond motifs is 1. The highest BCUT2D eigenvalue weighted by Gasteiger charge is 2.54. The number of aromatic nitrogens is 1. The third-order valence-electron chi connectivity index (χ3n) is 8.21. The molecule has 5 nitrogen and oxygen atoms in total. The highest BCUT2D eigenvalue weighted by atomic mass is 16.7. The molecule has 3 aliphatic rings. The smallest absolute Gasteiger partial charge is 0.399 e. The second kappa shape index (κ2) is 7.70. The molecule has 2 fully saturated rings. The zero-order chi connectivity index (χ0) is 22.6. The normalized spacial score (nSPS) is 27.1. The summed E-state index contributed by atoms with van der Waals surface area (Å²) in [5.74, 6) is 0.342. The summed E-state index contributed by atoms with van der Waals surface area (Å²) in [5, 5.41) is 3.17. The molecule has 32 heavy (non-hydrogen) atoms. The van der Waals surface area contributed by atoms with Crippen molar-refractivity contribution in [1.29, 1.82) is 0 Å². The van der Waals surface area contributed by atoms with Crippen LogP contribution in [-0.4, -0.2) is 29.2 Å². The summed E-state index contributed by atoms with van der Waals surface area (Å²) in [6.07, 6.45) is 10.6. The summed E-state index contributed by atoms with van der Waals surface area (Å²) in [5.41, 5.74) is 2.47. The average Bonchev–Trinajstić information content (AvgIpc) is 3.01. The van der Waals surface area contributed by atoms with E-state index in [2.05, 4.69) is 62.3 Å². The molecule has 0 radical (unpaired) electrons. The first-order valence-corrected chi connectivity index (χ1v) is 12.0. The lowest BCUT2D eigenvalue weighted by atomic mass is 9.63. The number of carbonyl (C=O) groups is 1. The van der Waals surface area contributed by atoms with Crippen LogP contribution < -0.4 is 10.8 Å². The molecule has 1 atom stereocenters. The number of benzene rings is 1. The van der Waals surface area contributed by atoms with Crippen LogP contribution in [0, 0.1) is 5.92 Å². The first-order valence-electron chi connectivity index (χ1n) is 12.0. The number of amides is 1. The minimum atomic E-state index is -0.692. The molecule has 1 saturated heterocycles. The molecule has 1 N–H and O–H groups in total. The molecule has 2 aliphatic heterocycles. The molecular weight excluding hydrogens is 399 g/mol. The number of pyridine rings is 1. The van der Waals surface area contributed by atoms with Gasteiger partial charge >= 0.3 is 7.12 Å². The van der Waals surface area contributed by atoms with Crippen molar-refractivity contribution in [3.63, 3.8) is 0 Å². The Morgan fingerprint density at radius 3 is 2.19 bits per heavy atom. The van der Waals surface area contributed by atoms with Crippen molar-refractivity contribution < 1.29 is 14.1 Å². The van der Waals surface area contributed by atoms with Gasteiger partial charge in [-0.25, -0.2) is 0 Å². The zero-order valence-electron chi connectivity index (χ0n) is 19.6. The maximum absolute atomic E-state index is 13.7. The minimum Gasteiger partial charge on any atom is -0.399 e. The number of hydrogen-bond acceptors (Lipinski definition) is 4. The summed E-state index contributed by atoms with van der Waals surface area (Å²) in [7, 11) is -0.408. The third kappa shape index (κ3) is 3.22. The molecule has 2 aromatic rings. The van der Waals surface area contributed by atoms with Crippen LogP contribution >= 0.6 is 0 Å². The van der Waals surface area contributed by atoms with Crippen LogP contribution in [0.1, 0.15) is 77.3 Å². The van der Waals surface area contributed by atoms with E-state index in [9.17, 15) is 4.79 Å². The Bertz CT molecular complexity index is 996. The van der Waals surface area contributed by atoms with Gasteiger partial charge in [-0.05, 0) is 63.5 Å². The Hall–Kier alpha value is -2.18. The fourth-order valence-corrected chi connectivity index (χ4v) is 5.68. The molecule has 0 spiro atoms. The van der Waals surface area contributed by atoms with E-state index in [-0.39, 0.29) is 23.0 Å². The third-order valence-corrected chi connectivity index (χ3v) is 8.21. The van der Waals surface area contributed by atoms with Crippen molar-refractivity contribution >= 4 is 24.2 Å². The van der Waals surface area contributed by atoms with Crippen molar-refractivity contribution in [2.24, 2.45) is 5.92 Å². The van der Waals surface area contributed by atoms with E-state index in [1.807, 2.05) is 12.3 Å². The van der Waals surface area contributed by atoms with E-state index < -0.39 is 12.5 Å². The van der Waals surface area contributed by atoms with E-state index >= 15 is 0 Å². The zero-order valence-corrected chi connectivity index (χ0v) is 19.6. The van der Waals surface area contributed by atoms with Crippen molar-refractivity contribution in [1.82, 2.24) is 4.98 Å². The highest BCUT2D eigenvalue weighted by Crippen LogP contribution is 2.51. The van der Waals surface area contributed by atoms with E-state index in [1.165, 1.54) is 25.7 Å². The van der Waals surface area contributed by atoms with Gasteiger partial charge in [0.05, 0.1) is 11.2 Å². The largest absolute Gasteiger partial charge is 0.494 e. The number of anilines is 1. The van der Waals surface area contributed by atoms with Gasteiger partial charge in [0, 0.05) is 23.6 Å². The Kier molecular flexibility index (Phi) is 5.21. The second-order valence-electron chi connectivity index (χ2n) is 10.6. The number of carbonyl (C=O) groups excluding carboxylic acids is 1. The quantitative estimate of drug-likeness (QED) is 0.570. The van der Waals surface area contributed by atoms with Crippen molar-refractivity contribution in [3.05, 3.63) is 53.9 Å². The lowest BCUT2D eigenvalue weighted by Gasteiger charge is -2.36. The van der Waals surface area contributed by atoms with Gasteiger partial charge in [0.1, 0.15) is 5.41 Å². The Balaban J connectivity index is 1.56. The first kappa shape index (κ1) is 21.7. The molecule has 6 heteroatoms. The van der Waals surface area contributed by atoms with E-state index in [4.69, 9.17) is 9.31 Å². The molecule has 1 aliphatic carbocycles. The van der Waals surface area contributed by atoms with Crippen LogP contribution in [0.5, 0.6) is 0 Å². The molecule has 5 rings (SSSR count). The lowest BCUT2D eigenvalue weighted by Crippen LogP contribution is -2.43. The van der Waals surface area contributed by atoms with Crippen LogP contribution in [0.3, 0.4) is 0 Å². The molecule has 0 bridgehead atoms. The summed E-state index contributed by atoms with van der Waals surface area (Å²) >= 11 is 0. The van der Waals surface area contributed by atoms with Crippen molar-refractivity contribution in [2.75, 3.05) is 5.32 Å². The minimum absolute atomic E-state index is 0.0794. The summed E-state index contributed by atoms with van der Waals surface area (Å²) in [4.78, 5) is 18.1. The first-order chi connectivity index (χ1) is 15.3. The standard InChI is InChI=1S/C26H33BN2O3/c1-24(2)25(3,4)32-27(31-24)20-13-11-19(12-14-20)26(18-9-7-5-6-8-10-18)21-17-28-16-15-22(21)29-23(26)30/h11-18H,5-10H2,1-4H3,(H,29,30). The predicted octanol–water partition coefficient (Wildman–Crippen LogP) is 4.59. The Morgan fingerprint density at radius 2 is 1.56 bits per heavy atom. The summed E-state index contributed by atoms with van der Waals surface area (Å²) in [6, 6.07) is 10.3. The van der Waals surface area contributed by atoms with Gasteiger partial charge in [0.25, 0.3) is 0 Å². The fourth-order valence-electron chi connectivity index (χ4n) is 5.68. The molecule has 1 saturated carbocycles. The van der Waals surface area contributed by atoms with Gasteiger partial charge in [-0.3, -0.25) is 9.78 Å². The number of rotatable bonds is 3. The monoisotopic (exact) mass is 432 g/mol. The van der Waals surface area contributed by atoms with E-state index in [0.717, 1.165) is 35.1 Å². The SMILES string of the molecule is CC1(C)OB(c2ccc(C3(C4CCCCCC4)C(=O)Nc4ccncc43)cc2)OC1(C)C. The van der Waals surface area contributed by atoms with Crippen molar-refractivity contribution in [2.45, 2.75) is 82.8 Å². The van der Waals surface area contributed by atoms with Gasteiger partial charge in [-0.15, -0.1) is 0 Å². The molecule has 1 aromatic heterocycles. The molecule has 1 amide bonds. The number of nitrogens with one attached hydrogen (secondary N) is 1. The van der Waals surface area contributed by atoms with Gasteiger partial charge in [-0.2, -0.15) is 0 Å². The van der Waals surface area contributed by atoms with E-state index in [0.29, 0.717) is 0 Å². The fraction of sp³-hybridized carbons (Fsp3) is 0.538. The van der Waals surface area contributed by atoms with Gasteiger partial charge in [0.2, 0.25) is 5.91 Å². The maximum atomic E-state index is 13.7. The topological polar surface area (TPSA) is 60.5 Å². The van der Waals surface area contributed by atoms with Gasteiger partial charge in [-0.1, -0.05) is 49.9 Å². The number of nitrogens with zero attached hydrogens (tertiary/aromatic N) is 1. The van der Waals surface area contributed by atoms with Gasteiger partial charge in [0.15, 0.2) is 0 Å². The Morgan fingerprint density at radius 1 is 0.938 bits per heavy atom. The average molecular weight is 432 g/mol. The van der Waals surface area contributed by atoms with Crippen molar-refractivity contribution in [3.8, 4) is 0 Å².